The predicted octanol–water partition coefficient (Wildman–Crippen LogP) is 4.24. The Kier molecular flexibility index (Phi) is 5.77. The zero-order valence-electron chi connectivity index (χ0n) is 15.1. The van der Waals surface area contributed by atoms with Crippen molar-refractivity contribution in [2.75, 3.05) is 26.0 Å². The molecule has 1 aliphatic carbocycles. The Labute approximate surface area is 171 Å². The number of nitrogens with zero attached hydrogens (tertiary/aromatic N) is 1. The van der Waals surface area contributed by atoms with E-state index < -0.39 is 5.41 Å². The van der Waals surface area contributed by atoms with Gasteiger partial charge in [0, 0.05) is 16.5 Å². The van der Waals surface area contributed by atoms with E-state index in [1.807, 2.05) is 24.3 Å². The van der Waals surface area contributed by atoms with Crippen LogP contribution in [0.25, 0.3) is 0 Å². The van der Waals surface area contributed by atoms with Gasteiger partial charge in [0.05, 0.1) is 24.8 Å². The summed E-state index contributed by atoms with van der Waals surface area (Å²) in [5.74, 6) is 0.153. The third-order valence-corrected chi connectivity index (χ3v) is 5.43. The molecule has 142 valence electrons. The molecular formula is C20H20BrClN2O3. The van der Waals surface area contributed by atoms with Gasteiger partial charge in [0.1, 0.15) is 5.75 Å². The molecule has 0 aliphatic heterocycles. The number of hydrogen-bond donors (Lipinski definition) is 1. The predicted molar refractivity (Wildman–Crippen MR) is 109 cm³/mol. The quantitative estimate of drug-likeness (QED) is 0.715. The summed E-state index contributed by atoms with van der Waals surface area (Å²) >= 11 is 9.44. The minimum Gasteiger partial charge on any atom is -0.495 e. The Morgan fingerprint density at radius 1 is 1.26 bits per heavy atom. The average molecular weight is 452 g/mol. The number of nitrogens with one attached hydrogen (secondary N) is 1. The second-order valence-corrected chi connectivity index (χ2v) is 8.00. The molecule has 27 heavy (non-hydrogen) atoms. The highest BCUT2D eigenvalue weighted by Gasteiger charge is 2.52. The van der Waals surface area contributed by atoms with Crippen molar-refractivity contribution < 1.29 is 14.3 Å². The summed E-state index contributed by atoms with van der Waals surface area (Å²) in [7, 11) is 3.17. The van der Waals surface area contributed by atoms with Crippen molar-refractivity contribution in [1.82, 2.24) is 4.90 Å². The molecule has 5 nitrogen and oxygen atoms in total. The van der Waals surface area contributed by atoms with Gasteiger partial charge in [-0.25, -0.2) is 0 Å². The molecule has 2 aromatic rings. The van der Waals surface area contributed by atoms with E-state index in [9.17, 15) is 9.59 Å². The largest absolute Gasteiger partial charge is 0.495 e. The molecule has 1 aliphatic rings. The van der Waals surface area contributed by atoms with E-state index in [1.165, 1.54) is 12.0 Å². The zero-order valence-corrected chi connectivity index (χ0v) is 17.4. The fraction of sp³-hybridized carbons (Fsp3) is 0.300. The molecule has 2 aromatic carbocycles. The Bertz CT molecular complexity index is 883. The lowest BCUT2D eigenvalue weighted by molar-refractivity contribution is -0.135. The van der Waals surface area contributed by atoms with Crippen molar-refractivity contribution in [2.45, 2.75) is 18.3 Å². The van der Waals surface area contributed by atoms with Gasteiger partial charge in [0.2, 0.25) is 11.8 Å². The van der Waals surface area contributed by atoms with Gasteiger partial charge in [-0.3, -0.25) is 9.59 Å². The second kappa shape index (κ2) is 7.90. The molecule has 1 saturated carbocycles. The van der Waals surface area contributed by atoms with Gasteiger partial charge in [-0.05, 0) is 48.7 Å². The molecule has 0 unspecified atom stereocenters. The van der Waals surface area contributed by atoms with Crippen LogP contribution in [0.5, 0.6) is 5.75 Å². The van der Waals surface area contributed by atoms with Gasteiger partial charge in [-0.1, -0.05) is 39.7 Å². The summed E-state index contributed by atoms with van der Waals surface area (Å²) in [6.07, 6.45) is 1.58. The summed E-state index contributed by atoms with van der Waals surface area (Å²) in [5.41, 5.74) is 0.932. The summed E-state index contributed by atoms with van der Waals surface area (Å²) < 4.78 is 6.17. The summed E-state index contributed by atoms with van der Waals surface area (Å²) in [4.78, 5) is 26.9. The van der Waals surface area contributed by atoms with Gasteiger partial charge in [0.25, 0.3) is 0 Å². The third kappa shape index (κ3) is 4.28. The zero-order chi connectivity index (χ0) is 19.6. The Balaban J connectivity index is 1.68. The van der Waals surface area contributed by atoms with Crippen LogP contribution in [0.15, 0.2) is 46.9 Å². The number of anilines is 1. The average Bonchev–Trinajstić information content (AvgIpc) is 3.43. The minimum absolute atomic E-state index is 0.0474. The molecule has 0 bridgehead atoms. The molecule has 0 spiro atoms. The summed E-state index contributed by atoms with van der Waals surface area (Å²) in [6.45, 7) is -0.0513. The molecule has 0 radical (unpaired) electrons. The van der Waals surface area contributed by atoms with Crippen LogP contribution in [-0.2, 0) is 15.0 Å². The molecule has 1 fully saturated rings. The molecule has 0 heterocycles. The molecule has 3 rings (SSSR count). The van der Waals surface area contributed by atoms with Crippen LogP contribution >= 0.6 is 27.5 Å². The van der Waals surface area contributed by atoms with Gasteiger partial charge < -0.3 is 15.0 Å². The number of hydrogen-bond acceptors (Lipinski definition) is 3. The number of rotatable bonds is 6. The van der Waals surface area contributed by atoms with Crippen molar-refractivity contribution >= 4 is 45.0 Å². The Morgan fingerprint density at radius 3 is 2.63 bits per heavy atom. The highest BCUT2D eigenvalue weighted by Crippen LogP contribution is 2.49. The van der Waals surface area contributed by atoms with E-state index >= 15 is 0 Å². The molecule has 0 aromatic heterocycles. The summed E-state index contributed by atoms with van der Waals surface area (Å²) in [5, 5.41) is 3.25. The van der Waals surface area contributed by atoms with Crippen molar-refractivity contribution in [1.29, 1.82) is 0 Å². The summed E-state index contributed by atoms with van der Waals surface area (Å²) in [6, 6.07) is 12.8. The van der Waals surface area contributed by atoms with E-state index in [2.05, 4.69) is 21.2 Å². The molecule has 0 saturated heterocycles. The van der Waals surface area contributed by atoms with Gasteiger partial charge in [-0.15, -0.1) is 0 Å². The van der Waals surface area contributed by atoms with Crippen LogP contribution in [0.1, 0.15) is 18.4 Å². The topological polar surface area (TPSA) is 58.6 Å². The number of carbonyl (C=O) groups excluding carboxylic acids is 2. The first-order valence-corrected chi connectivity index (χ1v) is 9.68. The van der Waals surface area contributed by atoms with Crippen LogP contribution in [0.2, 0.25) is 5.02 Å². The first-order valence-electron chi connectivity index (χ1n) is 8.51. The lowest BCUT2D eigenvalue weighted by Gasteiger charge is -2.24. The normalized spacial score (nSPS) is 14.4. The SMILES string of the molecule is COc1ccc(Cl)cc1NC(=O)CN(C)C(=O)C1(c2cccc(Br)c2)CC1. The maximum Gasteiger partial charge on any atom is 0.244 e. The Morgan fingerprint density at radius 2 is 2.00 bits per heavy atom. The molecule has 2 amide bonds. The smallest absolute Gasteiger partial charge is 0.244 e. The number of likely N-dealkylation sites (N-methyl/N-ethyl adjacent to an activating group) is 1. The van der Waals surface area contributed by atoms with Crippen LogP contribution in [0.4, 0.5) is 5.69 Å². The number of benzene rings is 2. The van der Waals surface area contributed by atoms with Crippen molar-refractivity contribution in [2.24, 2.45) is 0 Å². The minimum atomic E-state index is -0.521. The maximum atomic E-state index is 13.0. The van der Waals surface area contributed by atoms with E-state index in [4.69, 9.17) is 16.3 Å². The first-order chi connectivity index (χ1) is 12.9. The second-order valence-electron chi connectivity index (χ2n) is 6.65. The van der Waals surface area contributed by atoms with Gasteiger partial charge >= 0.3 is 0 Å². The Hall–Kier alpha value is -2.05. The number of carbonyl (C=O) groups is 2. The van der Waals surface area contributed by atoms with Crippen molar-refractivity contribution in [3.63, 3.8) is 0 Å². The van der Waals surface area contributed by atoms with E-state index in [0.717, 1.165) is 22.9 Å². The molecule has 1 N–H and O–H groups in total. The monoisotopic (exact) mass is 450 g/mol. The number of amides is 2. The van der Waals surface area contributed by atoms with Crippen LogP contribution < -0.4 is 10.1 Å². The standard InChI is InChI=1S/C20H20BrClN2O3/c1-24(12-18(25)23-16-11-15(22)6-7-17(16)27-2)19(26)20(8-9-20)13-4-3-5-14(21)10-13/h3-7,10-11H,8-9,12H2,1-2H3,(H,23,25). The van der Waals surface area contributed by atoms with Gasteiger partial charge in [-0.2, -0.15) is 0 Å². The van der Waals surface area contributed by atoms with Crippen LogP contribution in [0, 0.1) is 0 Å². The van der Waals surface area contributed by atoms with E-state index in [0.29, 0.717) is 16.5 Å². The highest BCUT2D eigenvalue weighted by atomic mass is 79.9. The number of halogens is 2. The first kappa shape index (κ1) is 19.7. The molecule has 7 heteroatoms. The fourth-order valence-electron chi connectivity index (χ4n) is 3.16. The number of methoxy groups -OCH3 is 1. The van der Waals surface area contributed by atoms with Crippen molar-refractivity contribution in [3.05, 3.63) is 57.5 Å². The fourth-order valence-corrected chi connectivity index (χ4v) is 3.73. The third-order valence-electron chi connectivity index (χ3n) is 4.70. The van der Waals surface area contributed by atoms with E-state index in [-0.39, 0.29) is 18.4 Å². The number of ether oxygens (including phenoxy) is 1. The maximum absolute atomic E-state index is 13.0. The molecular weight excluding hydrogens is 432 g/mol. The lowest BCUT2D eigenvalue weighted by atomic mass is 9.94. The highest BCUT2D eigenvalue weighted by molar-refractivity contribution is 9.10. The van der Waals surface area contributed by atoms with Gasteiger partial charge in [0.15, 0.2) is 0 Å². The van der Waals surface area contributed by atoms with E-state index in [1.54, 1.807) is 25.2 Å². The lowest BCUT2D eigenvalue weighted by Crippen LogP contribution is -2.41. The van der Waals surface area contributed by atoms with Crippen LogP contribution in [-0.4, -0.2) is 37.4 Å². The van der Waals surface area contributed by atoms with Crippen LogP contribution in [0.3, 0.4) is 0 Å². The van der Waals surface area contributed by atoms with Crippen molar-refractivity contribution in [3.8, 4) is 5.75 Å². The molecule has 0 atom stereocenters.